The summed E-state index contributed by atoms with van der Waals surface area (Å²) in [6.45, 7) is 5.02. The van der Waals surface area contributed by atoms with Crippen molar-refractivity contribution in [1.82, 2.24) is 5.32 Å². The van der Waals surface area contributed by atoms with E-state index in [-0.39, 0.29) is 0 Å². The smallest absolute Gasteiger partial charge is 0.0728 e. The van der Waals surface area contributed by atoms with Crippen molar-refractivity contribution >= 4 is 22.6 Å². The van der Waals surface area contributed by atoms with Crippen molar-refractivity contribution in [3.63, 3.8) is 0 Å². The number of nitrogens with one attached hydrogen (secondary N) is 1. The molecule has 1 aromatic carbocycles. The third kappa shape index (κ3) is 4.94. The van der Waals surface area contributed by atoms with Crippen LogP contribution in [0.25, 0.3) is 0 Å². The highest BCUT2D eigenvalue weighted by atomic mass is 127. The molecule has 0 aliphatic carbocycles. The summed E-state index contributed by atoms with van der Waals surface area (Å²) in [5.74, 6) is 0. The number of likely N-dealkylation sites (N-methyl/N-ethyl adjacent to an activating group) is 1. The standard InChI is InChI=1S/C14H22INO/c1-4-14(17-5-2)13(16-3)10-11-6-8-12(15)9-7-11/h6-9,13-14,16H,4-5,10H2,1-3H3. The van der Waals surface area contributed by atoms with Crippen LogP contribution in [-0.4, -0.2) is 25.8 Å². The van der Waals surface area contributed by atoms with Crippen molar-refractivity contribution in [2.45, 2.75) is 38.8 Å². The van der Waals surface area contributed by atoms with E-state index in [2.05, 4.69) is 66.0 Å². The van der Waals surface area contributed by atoms with Crippen LogP contribution in [-0.2, 0) is 11.2 Å². The van der Waals surface area contributed by atoms with E-state index in [0.717, 1.165) is 19.4 Å². The number of halogens is 1. The highest BCUT2D eigenvalue weighted by molar-refractivity contribution is 14.1. The van der Waals surface area contributed by atoms with Crippen LogP contribution >= 0.6 is 22.6 Å². The number of rotatable bonds is 7. The summed E-state index contributed by atoms with van der Waals surface area (Å²) in [4.78, 5) is 0. The molecule has 0 saturated heterocycles. The fourth-order valence-electron chi connectivity index (χ4n) is 2.03. The Kier molecular flexibility index (Phi) is 7.08. The van der Waals surface area contributed by atoms with Crippen LogP contribution in [0.5, 0.6) is 0 Å². The lowest BCUT2D eigenvalue weighted by Crippen LogP contribution is -2.40. The Balaban J connectivity index is 2.64. The van der Waals surface area contributed by atoms with E-state index in [1.807, 2.05) is 7.05 Å². The quantitative estimate of drug-likeness (QED) is 0.765. The van der Waals surface area contributed by atoms with Gasteiger partial charge in [-0.2, -0.15) is 0 Å². The molecule has 0 amide bonds. The van der Waals surface area contributed by atoms with Crippen LogP contribution in [0.4, 0.5) is 0 Å². The lowest BCUT2D eigenvalue weighted by molar-refractivity contribution is 0.0339. The minimum atomic E-state index is 0.296. The maximum absolute atomic E-state index is 5.78. The van der Waals surface area contributed by atoms with Gasteiger partial charge in [0.25, 0.3) is 0 Å². The lowest BCUT2D eigenvalue weighted by atomic mass is 10.00. The predicted octanol–water partition coefficient (Wildman–Crippen LogP) is 3.24. The van der Waals surface area contributed by atoms with Crippen molar-refractivity contribution in [3.8, 4) is 0 Å². The van der Waals surface area contributed by atoms with Gasteiger partial charge in [-0.1, -0.05) is 19.1 Å². The molecule has 1 N–H and O–H groups in total. The van der Waals surface area contributed by atoms with Gasteiger partial charge in [0, 0.05) is 16.2 Å². The highest BCUT2D eigenvalue weighted by Crippen LogP contribution is 2.13. The Labute approximate surface area is 118 Å². The Bertz CT molecular complexity index is 313. The molecule has 3 heteroatoms. The number of ether oxygens (including phenoxy) is 1. The molecule has 0 aliphatic heterocycles. The van der Waals surface area contributed by atoms with Crippen molar-refractivity contribution in [3.05, 3.63) is 33.4 Å². The maximum Gasteiger partial charge on any atom is 0.0728 e. The molecule has 17 heavy (non-hydrogen) atoms. The average molecular weight is 347 g/mol. The zero-order valence-corrected chi connectivity index (χ0v) is 13.0. The number of benzene rings is 1. The van der Waals surface area contributed by atoms with Gasteiger partial charge in [-0.15, -0.1) is 0 Å². The van der Waals surface area contributed by atoms with Crippen molar-refractivity contribution < 1.29 is 4.74 Å². The Morgan fingerprint density at radius 1 is 1.24 bits per heavy atom. The molecule has 96 valence electrons. The lowest BCUT2D eigenvalue weighted by Gasteiger charge is -2.26. The number of hydrogen-bond acceptors (Lipinski definition) is 2. The van der Waals surface area contributed by atoms with E-state index in [1.54, 1.807) is 0 Å². The van der Waals surface area contributed by atoms with E-state index in [0.29, 0.717) is 12.1 Å². The van der Waals surface area contributed by atoms with E-state index in [9.17, 15) is 0 Å². The molecule has 0 bridgehead atoms. The normalized spacial score (nSPS) is 14.6. The fraction of sp³-hybridized carbons (Fsp3) is 0.571. The highest BCUT2D eigenvalue weighted by Gasteiger charge is 2.18. The molecular weight excluding hydrogens is 325 g/mol. The molecule has 2 nitrogen and oxygen atoms in total. The topological polar surface area (TPSA) is 21.3 Å². The summed E-state index contributed by atoms with van der Waals surface area (Å²) >= 11 is 2.33. The Hall–Kier alpha value is -0.130. The van der Waals surface area contributed by atoms with Crippen LogP contribution in [0, 0.1) is 3.57 Å². The second-order valence-electron chi connectivity index (χ2n) is 4.13. The average Bonchev–Trinajstić information content (AvgIpc) is 2.36. The van der Waals surface area contributed by atoms with Gasteiger partial charge in [0.05, 0.1) is 6.10 Å². The van der Waals surface area contributed by atoms with Gasteiger partial charge in [0.1, 0.15) is 0 Å². The maximum atomic E-state index is 5.78. The minimum Gasteiger partial charge on any atom is -0.377 e. The Morgan fingerprint density at radius 2 is 1.88 bits per heavy atom. The van der Waals surface area contributed by atoms with E-state index < -0.39 is 0 Å². The first-order valence-corrected chi connectivity index (χ1v) is 7.32. The molecule has 0 spiro atoms. The molecule has 0 aliphatic rings. The first-order valence-electron chi connectivity index (χ1n) is 6.24. The monoisotopic (exact) mass is 347 g/mol. The minimum absolute atomic E-state index is 0.296. The fourth-order valence-corrected chi connectivity index (χ4v) is 2.39. The van der Waals surface area contributed by atoms with Crippen LogP contribution in [0.3, 0.4) is 0 Å². The Morgan fingerprint density at radius 3 is 2.35 bits per heavy atom. The summed E-state index contributed by atoms with van der Waals surface area (Å²) in [6.07, 6.45) is 2.36. The molecule has 0 aromatic heterocycles. The SMILES string of the molecule is CCOC(CC)C(Cc1ccc(I)cc1)NC. The van der Waals surface area contributed by atoms with E-state index in [1.165, 1.54) is 9.13 Å². The van der Waals surface area contributed by atoms with Crippen LogP contribution in [0.2, 0.25) is 0 Å². The van der Waals surface area contributed by atoms with Gasteiger partial charge in [-0.3, -0.25) is 0 Å². The summed E-state index contributed by atoms with van der Waals surface area (Å²) in [6, 6.07) is 9.10. The van der Waals surface area contributed by atoms with E-state index >= 15 is 0 Å². The van der Waals surface area contributed by atoms with Gasteiger partial charge in [0.15, 0.2) is 0 Å². The molecule has 2 unspecified atom stereocenters. The van der Waals surface area contributed by atoms with Gasteiger partial charge in [-0.25, -0.2) is 0 Å². The van der Waals surface area contributed by atoms with Crippen LogP contribution in [0.1, 0.15) is 25.8 Å². The molecular formula is C14H22INO. The molecule has 0 heterocycles. The molecule has 0 saturated carbocycles. The van der Waals surface area contributed by atoms with Gasteiger partial charge < -0.3 is 10.1 Å². The third-order valence-corrected chi connectivity index (χ3v) is 3.69. The molecule has 1 aromatic rings. The molecule has 0 fully saturated rings. The molecule has 2 atom stereocenters. The molecule has 0 radical (unpaired) electrons. The third-order valence-electron chi connectivity index (χ3n) is 2.97. The first kappa shape index (κ1) is 14.9. The number of hydrogen-bond donors (Lipinski definition) is 1. The summed E-state index contributed by atoms with van der Waals surface area (Å²) in [5.41, 5.74) is 1.36. The van der Waals surface area contributed by atoms with Gasteiger partial charge in [0.2, 0.25) is 0 Å². The summed E-state index contributed by atoms with van der Waals surface area (Å²) in [5, 5.41) is 3.37. The van der Waals surface area contributed by atoms with Crippen LogP contribution in [0.15, 0.2) is 24.3 Å². The second kappa shape index (κ2) is 8.06. The van der Waals surface area contributed by atoms with Crippen molar-refractivity contribution in [1.29, 1.82) is 0 Å². The van der Waals surface area contributed by atoms with Gasteiger partial charge in [-0.05, 0) is 67.1 Å². The molecule has 1 rings (SSSR count). The zero-order chi connectivity index (χ0) is 12.7. The van der Waals surface area contributed by atoms with Crippen LogP contribution < -0.4 is 5.32 Å². The zero-order valence-electron chi connectivity index (χ0n) is 10.9. The largest absolute Gasteiger partial charge is 0.377 e. The van der Waals surface area contributed by atoms with Gasteiger partial charge >= 0.3 is 0 Å². The summed E-state index contributed by atoms with van der Waals surface area (Å²) < 4.78 is 7.06. The van der Waals surface area contributed by atoms with Crippen molar-refractivity contribution in [2.75, 3.05) is 13.7 Å². The second-order valence-corrected chi connectivity index (χ2v) is 5.37. The predicted molar refractivity (Wildman–Crippen MR) is 81.4 cm³/mol. The first-order chi connectivity index (χ1) is 8.21. The van der Waals surface area contributed by atoms with E-state index in [4.69, 9.17) is 4.74 Å². The van der Waals surface area contributed by atoms with Crippen molar-refractivity contribution in [2.24, 2.45) is 0 Å². The summed E-state index contributed by atoms with van der Waals surface area (Å²) in [7, 11) is 2.01.